The molecule has 1 aliphatic heterocycles. The molecule has 2 atom stereocenters. The van der Waals surface area contributed by atoms with Crippen LogP contribution in [0.25, 0.3) is 0 Å². The molecular formula is C17H24BrNO. The topological polar surface area (TPSA) is 21.3 Å². The third-order valence-corrected chi connectivity index (χ3v) is 5.31. The fourth-order valence-corrected chi connectivity index (χ4v) is 4.07. The highest BCUT2D eigenvalue weighted by molar-refractivity contribution is 9.10. The summed E-state index contributed by atoms with van der Waals surface area (Å²) in [5.74, 6) is 1.94. The Morgan fingerprint density at radius 1 is 1.25 bits per heavy atom. The molecule has 1 N–H and O–H groups in total. The first-order valence-electron chi connectivity index (χ1n) is 7.89. The number of rotatable bonds is 3. The minimum Gasteiger partial charge on any atom is -0.490 e. The number of hydrogen-bond donors (Lipinski definition) is 1. The predicted octanol–water partition coefficient (Wildman–Crippen LogP) is 4.83. The van der Waals surface area contributed by atoms with Gasteiger partial charge in [0.1, 0.15) is 11.9 Å². The van der Waals surface area contributed by atoms with E-state index in [0.29, 0.717) is 12.1 Å². The van der Waals surface area contributed by atoms with E-state index in [2.05, 4.69) is 46.5 Å². The van der Waals surface area contributed by atoms with Crippen molar-refractivity contribution in [1.29, 1.82) is 0 Å². The van der Waals surface area contributed by atoms with Crippen LogP contribution in [-0.2, 0) is 0 Å². The van der Waals surface area contributed by atoms with Crippen LogP contribution >= 0.6 is 15.9 Å². The van der Waals surface area contributed by atoms with Gasteiger partial charge in [-0.15, -0.1) is 0 Å². The minimum absolute atomic E-state index is 0.373. The van der Waals surface area contributed by atoms with Crippen LogP contribution in [0.5, 0.6) is 5.75 Å². The number of fused-ring (bicyclic) bond motifs is 1. The second-order valence-corrected chi connectivity index (χ2v) is 7.15. The van der Waals surface area contributed by atoms with Gasteiger partial charge in [0.2, 0.25) is 0 Å². The predicted molar refractivity (Wildman–Crippen MR) is 86.2 cm³/mol. The highest BCUT2D eigenvalue weighted by atomic mass is 79.9. The molecule has 0 radical (unpaired) electrons. The Kier molecular flexibility index (Phi) is 4.67. The van der Waals surface area contributed by atoms with E-state index in [0.717, 1.165) is 22.6 Å². The van der Waals surface area contributed by atoms with Crippen LogP contribution in [0.1, 0.15) is 56.6 Å². The number of nitrogens with one attached hydrogen (secondary N) is 1. The Hall–Kier alpha value is -0.540. The molecule has 3 rings (SSSR count). The molecule has 110 valence electrons. The lowest BCUT2D eigenvalue weighted by molar-refractivity contribution is 0.115. The van der Waals surface area contributed by atoms with Crippen molar-refractivity contribution in [3.8, 4) is 5.75 Å². The molecule has 0 saturated heterocycles. The smallest absolute Gasteiger partial charge is 0.125 e. The number of hydrogen-bond acceptors (Lipinski definition) is 2. The molecule has 2 aliphatic rings. The number of halogens is 1. The summed E-state index contributed by atoms with van der Waals surface area (Å²) in [4.78, 5) is 0. The lowest BCUT2D eigenvalue weighted by atomic mass is 9.83. The Morgan fingerprint density at radius 3 is 2.80 bits per heavy atom. The lowest BCUT2D eigenvalue weighted by Gasteiger charge is -2.35. The monoisotopic (exact) mass is 337 g/mol. The summed E-state index contributed by atoms with van der Waals surface area (Å²) in [5, 5.41) is 3.45. The molecule has 0 amide bonds. The van der Waals surface area contributed by atoms with Gasteiger partial charge in [-0.05, 0) is 31.5 Å². The third-order valence-electron chi connectivity index (χ3n) is 4.81. The van der Waals surface area contributed by atoms with Gasteiger partial charge in [0.25, 0.3) is 0 Å². The first-order valence-corrected chi connectivity index (χ1v) is 8.69. The van der Waals surface area contributed by atoms with Crippen molar-refractivity contribution in [3.05, 3.63) is 28.2 Å². The van der Waals surface area contributed by atoms with E-state index in [-0.39, 0.29) is 0 Å². The van der Waals surface area contributed by atoms with Gasteiger partial charge >= 0.3 is 0 Å². The molecular weight excluding hydrogens is 314 g/mol. The van der Waals surface area contributed by atoms with Crippen molar-refractivity contribution >= 4 is 15.9 Å². The van der Waals surface area contributed by atoms with Gasteiger partial charge < -0.3 is 10.1 Å². The van der Waals surface area contributed by atoms with Gasteiger partial charge in [-0.2, -0.15) is 0 Å². The molecule has 1 saturated carbocycles. The minimum atomic E-state index is 0.373. The molecule has 0 spiro atoms. The van der Waals surface area contributed by atoms with Gasteiger partial charge in [-0.25, -0.2) is 0 Å². The van der Waals surface area contributed by atoms with Crippen LogP contribution in [0.3, 0.4) is 0 Å². The Balaban J connectivity index is 1.72. The number of benzene rings is 1. The largest absolute Gasteiger partial charge is 0.490 e. The molecule has 20 heavy (non-hydrogen) atoms. The quantitative estimate of drug-likeness (QED) is 0.852. The zero-order chi connectivity index (χ0) is 13.9. The second-order valence-electron chi connectivity index (χ2n) is 6.24. The molecule has 0 aromatic heterocycles. The number of ether oxygens (including phenoxy) is 1. The average molecular weight is 338 g/mol. The molecule has 3 heteroatoms. The maximum Gasteiger partial charge on any atom is 0.125 e. The van der Waals surface area contributed by atoms with Crippen LogP contribution in [0, 0.1) is 5.92 Å². The fraction of sp³-hybridized carbons (Fsp3) is 0.647. The maximum absolute atomic E-state index is 6.28. The average Bonchev–Trinajstić information content (AvgIpc) is 2.47. The zero-order valence-electron chi connectivity index (χ0n) is 12.2. The van der Waals surface area contributed by atoms with Crippen LogP contribution in [-0.4, -0.2) is 13.2 Å². The summed E-state index contributed by atoms with van der Waals surface area (Å²) >= 11 is 3.55. The normalized spacial score (nSPS) is 26.9. The Labute approximate surface area is 130 Å². The summed E-state index contributed by atoms with van der Waals surface area (Å²) in [6.07, 6.45) is 9.75. The van der Waals surface area contributed by atoms with Crippen LogP contribution < -0.4 is 10.1 Å². The maximum atomic E-state index is 6.28. The van der Waals surface area contributed by atoms with E-state index in [1.807, 2.05) is 0 Å². The van der Waals surface area contributed by atoms with Crippen LogP contribution in [0.2, 0.25) is 0 Å². The molecule has 1 heterocycles. The first-order chi connectivity index (χ1) is 9.76. The van der Waals surface area contributed by atoms with Gasteiger partial charge in [-0.1, -0.05) is 54.1 Å². The van der Waals surface area contributed by atoms with E-state index in [1.165, 1.54) is 44.1 Å². The van der Waals surface area contributed by atoms with E-state index in [4.69, 9.17) is 4.74 Å². The fourth-order valence-electron chi connectivity index (χ4n) is 3.73. The van der Waals surface area contributed by atoms with E-state index >= 15 is 0 Å². The summed E-state index contributed by atoms with van der Waals surface area (Å²) in [6.45, 7) is 0. The van der Waals surface area contributed by atoms with E-state index in [1.54, 1.807) is 0 Å². The lowest BCUT2D eigenvalue weighted by Crippen LogP contribution is -2.33. The molecule has 2 unspecified atom stereocenters. The second kappa shape index (κ2) is 6.48. The highest BCUT2D eigenvalue weighted by Crippen LogP contribution is 2.39. The van der Waals surface area contributed by atoms with Crippen molar-refractivity contribution < 1.29 is 4.74 Å². The molecule has 1 aromatic carbocycles. The van der Waals surface area contributed by atoms with Crippen molar-refractivity contribution in [2.24, 2.45) is 5.92 Å². The standard InChI is InChI=1S/C17H24BrNO/c1-19-16-11-14(9-12-5-3-2-4-6-12)20-17-10-13(18)7-8-15(16)17/h7-8,10,12,14,16,19H,2-6,9,11H2,1H3. The zero-order valence-corrected chi connectivity index (χ0v) is 13.8. The summed E-state index contributed by atoms with van der Waals surface area (Å²) in [6, 6.07) is 6.83. The van der Waals surface area contributed by atoms with Crippen molar-refractivity contribution in [2.45, 2.75) is 57.1 Å². The Bertz CT molecular complexity index is 456. The van der Waals surface area contributed by atoms with Crippen molar-refractivity contribution in [1.82, 2.24) is 5.32 Å². The molecule has 0 bridgehead atoms. The van der Waals surface area contributed by atoms with Gasteiger partial charge in [-0.3, -0.25) is 0 Å². The first kappa shape index (κ1) is 14.4. The molecule has 2 nitrogen and oxygen atoms in total. The summed E-state index contributed by atoms with van der Waals surface area (Å²) in [7, 11) is 2.06. The molecule has 1 fully saturated rings. The van der Waals surface area contributed by atoms with E-state index < -0.39 is 0 Å². The molecule has 1 aromatic rings. The van der Waals surface area contributed by atoms with E-state index in [9.17, 15) is 0 Å². The third kappa shape index (κ3) is 3.20. The SMILES string of the molecule is CNC1CC(CC2CCCCC2)Oc2cc(Br)ccc21. The van der Waals surface area contributed by atoms with Gasteiger partial charge in [0, 0.05) is 22.5 Å². The van der Waals surface area contributed by atoms with Crippen LogP contribution in [0.15, 0.2) is 22.7 Å². The Morgan fingerprint density at radius 2 is 2.05 bits per heavy atom. The molecule has 1 aliphatic carbocycles. The van der Waals surface area contributed by atoms with Gasteiger partial charge in [0.05, 0.1) is 0 Å². The highest BCUT2D eigenvalue weighted by Gasteiger charge is 2.29. The van der Waals surface area contributed by atoms with Crippen molar-refractivity contribution in [2.75, 3.05) is 7.05 Å². The summed E-state index contributed by atoms with van der Waals surface area (Å²) in [5.41, 5.74) is 1.30. The van der Waals surface area contributed by atoms with Crippen molar-refractivity contribution in [3.63, 3.8) is 0 Å². The summed E-state index contributed by atoms with van der Waals surface area (Å²) < 4.78 is 7.38. The van der Waals surface area contributed by atoms with Gasteiger partial charge in [0.15, 0.2) is 0 Å². The van der Waals surface area contributed by atoms with Crippen LogP contribution in [0.4, 0.5) is 0 Å².